The van der Waals surface area contributed by atoms with Gasteiger partial charge in [-0.2, -0.15) is 0 Å². The molecule has 0 amide bonds. The molecule has 2 aromatic heterocycles. The maximum absolute atomic E-state index is 5.14. The SMILES string of the molecule is Cc1cc(-c2ccc(-n3c4ccccc4c4cc(N(c5ccccc5)c5ccccc5)ccc43)cc2)c(C)cc1-c1ccc(-c2cc(-c3ccccc3C)nc(-c3ccccc3C)n2)cc1. The molecule has 4 nitrogen and oxygen atoms in total. The Bertz CT molecular complexity index is 3450. The van der Waals surface area contributed by atoms with E-state index in [4.69, 9.17) is 9.97 Å². The summed E-state index contributed by atoms with van der Waals surface area (Å²) in [6.07, 6.45) is 0. The number of benzene rings is 9. The number of fused-ring (bicyclic) bond motifs is 3. The zero-order chi connectivity index (χ0) is 44.7. The van der Waals surface area contributed by atoms with Crippen LogP contribution in [0, 0.1) is 27.7 Å². The molecule has 4 heteroatoms. The van der Waals surface area contributed by atoms with Crippen molar-refractivity contribution in [1.29, 1.82) is 0 Å². The minimum Gasteiger partial charge on any atom is -0.310 e. The van der Waals surface area contributed by atoms with Crippen molar-refractivity contribution in [3.63, 3.8) is 0 Å². The van der Waals surface area contributed by atoms with Crippen LogP contribution in [0.4, 0.5) is 17.1 Å². The van der Waals surface area contributed by atoms with E-state index < -0.39 is 0 Å². The molecule has 66 heavy (non-hydrogen) atoms. The van der Waals surface area contributed by atoms with Gasteiger partial charge in [0, 0.05) is 50.2 Å². The van der Waals surface area contributed by atoms with E-state index in [2.05, 4.69) is 256 Å². The highest BCUT2D eigenvalue weighted by atomic mass is 15.1. The predicted molar refractivity (Wildman–Crippen MR) is 277 cm³/mol. The molecule has 9 aromatic carbocycles. The number of aryl methyl sites for hydroxylation is 4. The molecule has 2 heterocycles. The molecule has 0 radical (unpaired) electrons. The van der Waals surface area contributed by atoms with Crippen LogP contribution < -0.4 is 4.90 Å². The second-order valence-corrected chi connectivity index (χ2v) is 17.3. The molecule has 0 saturated carbocycles. The van der Waals surface area contributed by atoms with Crippen molar-refractivity contribution >= 4 is 38.9 Å². The fraction of sp³-hybridized carbons (Fsp3) is 0.0645. The maximum atomic E-state index is 5.14. The number of hydrogen-bond acceptors (Lipinski definition) is 3. The third-order valence-electron chi connectivity index (χ3n) is 13.0. The number of nitrogens with zero attached hydrogens (tertiary/aromatic N) is 4. The standard InChI is InChI=1S/C62H48N4/c1-41-17-11-13-23-52(41)59-40-58(63-62(64-59)53-24-14-12-18-42(53)2)47-29-27-45(28-30-47)55-37-44(4)56(38-43(55)3)46-31-33-50(34-32-46)66-60-26-16-15-25-54(60)57-39-51(35-36-61(57)66)65(48-19-7-5-8-20-48)49-21-9-6-10-22-49/h5-40H,1-4H3. The van der Waals surface area contributed by atoms with E-state index in [0.717, 1.165) is 62.2 Å². The highest BCUT2D eigenvalue weighted by Gasteiger charge is 2.19. The van der Waals surface area contributed by atoms with Gasteiger partial charge in [-0.25, -0.2) is 9.97 Å². The lowest BCUT2D eigenvalue weighted by Crippen LogP contribution is -2.09. The molecule has 0 N–H and O–H groups in total. The molecule has 11 rings (SSSR count). The van der Waals surface area contributed by atoms with E-state index in [1.54, 1.807) is 0 Å². The normalized spacial score (nSPS) is 11.3. The average Bonchev–Trinajstić information content (AvgIpc) is 3.69. The van der Waals surface area contributed by atoms with Gasteiger partial charge in [0.2, 0.25) is 0 Å². The van der Waals surface area contributed by atoms with Gasteiger partial charge in [0.25, 0.3) is 0 Å². The van der Waals surface area contributed by atoms with Crippen molar-refractivity contribution in [3.05, 3.63) is 241 Å². The zero-order valence-corrected chi connectivity index (χ0v) is 37.6. The summed E-state index contributed by atoms with van der Waals surface area (Å²) < 4.78 is 2.40. The predicted octanol–water partition coefficient (Wildman–Crippen LogP) is 16.6. The van der Waals surface area contributed by atoms with Crippen LogP contribution in [0.25, 0.3) is 83.6 Å². The van der Waals surface area contributed by atoms with Crippen molar-refractivity contribution in [2.24, 2.45) is 0 Å². The first-order valence-corrected chi connectivity index (χ1v) is 22.7. The Morgan fingerprint density at radius 1 is 0.333 bits per heavy atom. The average molecular weight is 849 g/mol. The van der Waals surface area contributed by atoms with Gasteiger partial charge in [0.15, 0.2) is 5.82 Å². The Balaban J connectivity index is 0.906. The summed E-state index contributed by atoms with van der Waals surface area (Å²) in [5, 5.41) is 2.45. The molecule has 0 aliphatic carbocycles. The number of aromatic nitrogens is 3. The van der Waals surface area contributed by atoms with Gasteiger partial charge in [-0.1, -0.05) is 152 Å². The molecule has 0 bridgehead atoms. The summed E-state index contributed by atoms with van der Waals surface area (Å²) >= 11 is 0. The van der Waals surface area contributed by atoms with Gasteiger partial charge >= 0.3 is 0 Å². The summed E-state index contributed by atoms with van der Waals surface area (Å²) in [5.74, 6) is 0.738. The van der Waals surface area contributed by atoms with E-state index in [-0.39, 0.29) is 0 Å². The van der Waals surface area contributed by atoms with Gasteiger partial charge in [-0.05, 0) is 139 Å². The van der Waals surface area contributed by atoms with Gasteiger partial charge < -0.3 is 9.47 Å². The highest BCUT2D eigenvalue weighted by molar-refractivity contribution is 6.10. The minimum absolute atomic E-state index is 0.738. The number of para-hydroxylation sites is 3. The number of anilines is 3. The van der Waals surface area contributed by atoms with Crippen molar-refractivity contribution in [1.82, 2.24) is 14.5 Å². The lowest BCUT2D eigenvalue weighted by atomic mass is 9.91. The second-order valence-electron chi connectivity index (χ2n) is 17.3. The molecule has 316 valence electrons. The Hall–Kier alpha value is -8.34. The van der Waals surface area contributed by atoms with E-state index in [1.807, 2.05) is 0 Å². The monoisotopic (exact) mass is 848 g/mol. The van der Waals surface area contributed by atoms with Crippen LogP contribution >= 0.6 is 0 Å². The van der Waals surface area contributed by atoms with Gasteiger partial charge in [-0.3, -0.25) is 0 Å². The Labute approximate surface area is 386 Å². The van der Waals surface area contributed by atoms with Gasteiger partial charge in [0.05, 0.1) is 22.4 Å². The molecule has 0 aliphatic rings. The molecule has 11 aromatic rings. The van der Waals surface area contributed by atoms with Crippen LogP contribution in [0.1, 0.15) is 22.3 Å². The Morgan fingerprint density at radius 2 is 0.833 bits per heavy atom. The Kier molecular flexibility index (Phi) is 10.4. The summed E-state index contributed by atoms with van der Waals surface area (Å²) in [7, 11) is 0. The lowest BCUT2D eigenvalue weighted by molar-refractivity contribution is 1.17. The second kappa shape index (κ2) is 17.0. The van der Waals surface area contributed by atoms with E-state index in [9.17, 15) is 0 Å². The van der Waals surface area contributed by atoms with Crippen LogP contribution in [0.15, 0.2) is 218 Å². The van der Waals surface area contributed by atoms with Gasteiger partial charge in [0.1, 0.15) is 0 Å². The summed E-state index contributed by atoms with van der Waals surface area (Å²) in [5.41, 5.74) is 21.6. The first kappa shape index (κ1) is 40.4. The zero-order valence-electron chi connectivity index (χ0n) is 37.6. The molecular formula is C62H48N4. The first-order chi connectivity index (χ1) is 32.4. The van der Waals surface area contributed by atoms with Crippen LogP contribution in [-0.4, -0.2) is 14.5 Å². The molecule has 0 unspecified atom stereocenters. The molecular weight excluding hydrogens is 801 g/mol. The third kappa shape index (κ3) is 7.42. The molecule has 0 fully saturated rings. The van der Waals surface area contributed by atoms with Crippen LogP contribution in [0.3, 0.4) is 0 Å². The fourth-order valence-electron chi connectivity index (χ4n) is 9.57. The van der Waals surface area contributed by atoms with Crippen molar-refractivity contribution in [2.45, 2.75) is 27.7 Å². The third-order valence-corrected chi connectivity index (χ3v) is 13.0. The smallest absolute Gasteiger partial charge is 0.160 e. The van der Waals surface area contributed by atoms with Crippen molar-refractivity contribution in [2.75, 3.05) is 4.90 Å². The quantitative estimate of drug-likeness (QED) is 0.145. The molecule has 0 spiro atoms. The van der Waals surface area contributed by atoms with E-state index >= 15 is 0 Å². The van der Waals surface area contributed by atoms with Crippen LogP contribution in [-0.2, 0) is 0 Å². The maximum Gasteiger partial charge on any atom is 0.160 e. The topological polar surface area (TPSA) is 34.0 Å². The largest absolute Gasteiger partial charge is 0.310 e. The van der Waals surface area contributed by atoms with Gasteiger partial charge in [-0.15, -0.1) is 0 Å². The van der Waals surface area contributed by atoms with E-state index in [0.29, 0.717) is 0 Å². The Morgan fingerprint density at radius 3 is 1.45 bits per heavy atom. The summed E-state index contributed by atoms with van der Waals surface area (Å²) in [6.45, 7) is 8.70. The summed E-state index contributed by atoms with van der Waals surface area (Å²) in [6, 6.07) is 78.3. The number of rotatable bonds is 9. The fourth-order valence-corrected chi connectivity index (χ4v) is 9.57. The highest BCUT2D eigenvalue weighted by Crippen LogP contribution is 2.41. The van der Waals surface area contributed by atoms with Crippen LogP contribution in [0.2, 0.25) is 0 Å². The van der Waals surface area contributed by atoms with Crippen molar-refractivity contribution in [3.8, 4) is 61.8 Å². The first-order valence-electron chi connectivity index (χ1n) is 22.7. The molecule has 0 atom stereocenters. The minimum atomic E-state index is 0.738. The molecule has 0 saturated heterocycles. The molecule has 0 aliphatic heterocycles. The van der Waals surface area contributed by atoms with Crippen LogP contribution in [0.5, 0.6) is 0 Å². The van der Waals surface area contributed by atoms with E-state index in [1.165, 1.54) is 60.8 Å². The van der Waals surface area contributed by atoms with Crippen molar-refractivity contribution < 1.29 is 0 Å². The lowest BCUT2D eigenvalue weighted by Gasteiger charge is -2.25. The summed E-state index contributed by atoms with van der Waals surface area (Å²) in [4.78, 5) is 12.6. The number of hydrogen-bond donors (Lipinski definition) is 0.